The summed E-state index contributed by atoms with van der Waals surface area (Å²) in [5, 5.41) is 11.6. The van der Waals surface area contributed by atoms with Gasteiger partial charge in [0.05, 0.1) is 12.2 Å². The molecule has 7 heteroatoms. The summed E-state index contributed by atoms with van der Waals surface area (Å²) in [5.41, 5.74) is 0.641. The lowest BCUT2D eigenvalue weighted by molar-refractivity contribution is -0.132. The van der Waals surface area contributed by atoms with E-state index in [-0.39, 0.29) is 37.6 Å². The fourth-order valence-electron chi connectivity index (χ4n) is 2.43. The summed E-state index contributed by atoms with van der Waals surface area (Å²) in [7, 11) is 0. The van der Waals surface area contributed by atoms with E-state index in [1.165, 1.54) is 4.90 Å². The molecule has 0 fully saturated rings. The highest BCUT2D eigenvalue weighted by molar-refractivity contribution is 5.94. The molecule has 0 unspecified atom stereocenters. The highest BCUT2D eigenvalue weighted by atomic mass is 19.1. The molecule has 138 valence electrons. The van der Waals surface area contributed by atoms with Crippen LogP contribution in [0.2, 0.25) is 0 Å². The van der Waals surface area contributed by atoms with E-state index < -0.39 is 17.5 Å². The molecule has 2 aromatic carbocycles. The van der Waals surface area contributed by atoms with Crippen molar-refractivity contribution >= 4 is 11.8 Å². The Labute approximate surface area is 150 Å². The van der Waals surface area contributed by atoms with Crippen LogP contribution in [0.15, 0.2) is 48.5 Å². The maximum Gasteiger partial charge on any atom is 0.254 e. The zero-order chi connectivity index (χ0) is 18.9. The molecule has 0 saturated carbocycles. The molecule has 26 heavy (non-hydrogen) atoms. The molecule has 0 bridgehead atoms. The number of aliphatic hydroxyl groups is 1. The molecule has 0 saturated heterocycles. The van der Waals surface area contributed by atoms with Gasteiger partial charge in [-0.2, -0.15) is 0 Å². The Bertz CT molecular complexity index is 754. The summed E-state index contributed by atoms with van der Waals surface area (Å²) < 4.78 is 26.4. The first-order valence-electron chi connectivity index (χ1n) is 8.17. The predicted molar refractivity (Wildman–Crippen MR) is 92.3 cm³/mol. The van der Waals surface area contributed by atoms with Crippen LogP contribution in [0.5, 0.6) is 0 Å². The van der Waals surface area contributed by atoms with Crippen LogP contribution in [0, 0.1) is 11.6 Å². The lowest BCUT2D eigenvalue weighted by atomic mass is 10.2. The molecule has 2 N–H and O–H groups in total. The molecular weight excluding hydrogens is 342 g/mol. The van der Waals surface area contributed by atoms with Gasteiger partial charge < -0.3 is 15.3 Å². The summed E-state index contributed by atoms with van der Waals surface area (Å²) in [5.74, 6) is -2.69. The minimum absolute atomic E-state index is 0.00138. The first-order chi connectivity index (χ1) is 12.5. The number of hydrogen-bond donors (Lipinski definition) is 2. The van der Waals surface area contributed by atoms with Gasteiger partial charge in [0, 0.05) is 32.1 Å². The number of amides is 2. The lowest BCUT2D eigenvalue weighted by Crippen LogP contribution is -2.36. The maximum absolute atomic E-state index is 13.6. The van der Waals surface area contributed by atoms with Gasteiger partial charge in [-0.1, -0.05) is 30.3 Å². The van der Waals surface area contributed by atoms with E-state index >= 15 is 0 Å². The molecule has 5 nitrogen and oxygen atoms in total. The van der Waals surface area contributed by atoms with E-state index in [4.69, 9.17) is 5.11 Å². The monoisotopic (exact) mass is 362 g/mol. The first kappa shape index (κ1) is 19.5. The molecular formula is C19H20F2N2O3. The van der Waals surface area contributed by atoms with E-state index in [9.17, 15) is 18.4 Å². The molecule has 0 heterocycles. The number of carbonyl (C=O) groups excluding carboxylic acids is 2. The van der Waals surface area contributed by atoms with Crippen LogP contribution in [-0.4, -0.2) is 41.5 Å². The van der Waals surface area contributed by atoms with Gasteiger partial charge in [0.2, 0.25) is 5.91 Å². The summed E-state index contributed by atoms with van der Waals surface area (Å²) in [6.07, 6.45) is 0.00138. The third kappa shape index (κ3) is 5.63. The molecule has 0 spiro atoms. The molecule has 0 aliphatic heterocycles. The van der Waals surface area contributed by atoms with Crippen molar-refractivity contribution < 1.29 is 23.5 Å². The largest absolute Gasteiger partial charge is 0.395 e. The summed E-state index contributed by atoms with van der Waals surface area (Å²) in [6.45, 7) is 0.353. The number of aliphatic hydroxyl groups excluding tert-OH is 1. The van der Waals surface area contributed by atoms with Gasteiger partial charge in [-0.25, -0.2) is 8.78 Å². The van der Waals surface area contributed by atoms with Crippen LogP contribution in [0.1, 0.15) is 22.3 Å². The maximum atomic E-state index is 13.6. The van der Waals surface area contributed by atoms with Crippen molar-refractivity contribution in [2.75, 3.05) is 19.7 Å². The molecule has 0 atom stereocenters. The van der Waals surface area contributed by atoms with Gasteiger partial charge in [0.25, 0.3) is 5.91 Å². The van der Waals surface area contributed by atoms with Crippen molar-refractivity contribution in [3.05, 3.63) is 71.3 Å². The van der Waals surface area contributed by atoms with Crippen molar-refractivity contribution in [3.8, 4) is 0 Å². The number of nitrogens with one attached hydrogen (secondary N) is 1. The van der Waals surface area contributed by atoms with Gasteiger partial charge in [0.15, 0.2) is 0 Å². The van der Waals surface area contributed by atoms with Crippen molar-refractivity contribution in [1.29, 1.82) is 0 Å². The topological polar surface area (TPSA) is 69.6 Å². The Kier molecular flexibility index (Phi) is 7.23. The SMILES string of the molecule is O=C(NCCC(=O)N(CCO)Cc1ccccc1)c1ccc(F)cc1F. The van der Waals surface area contributed by atoms with E-state index in [0.29, 0.717) is 12.6 Å². The summed E-state index contributed by atoms with van der Waals surface area (Å²) in [6, 6.07) is 12.0. The minimum atomic E-state index is -0.959. The van der Waals surface area contributed by atoms with Crippen LogP contribution < -0.4 is 5.32 Å². The number of rotatable bonds is 8. The normalized spacial score (nSPS) is 10.4. The minimum Gasteiger partial charge on any atom is -0.395 e. The fraction of sp³-hybridized carbons (Fsp3) is 0.263. The van der Waals surface area contributed by atoms with Crippen LogP contribution in [0.25, 0.3) is 0 Å². The van der Waals surface area contributed by atoms with Gasteiger partial charge in [-0.3, -0.25) is 9.59 Å². The summed E-state index contributed by atoms with van der Waals surface area (Å²) >= 11 is 0. The fourth-order valence-corrected chi connectivity index (χ4v) is 2.43. The average Bonchev–Trinajstić information content (AvgIpc) is 2.62. The standard InChI is InChI=1S/C19H20F2N2O3/c20-15-6-7-16(17(21)12-15)19(26)22-9-8-18(25)23(10-11-24)13-14-4-2-1-3-5-14/h1-7,12,24H,8-11,13H2,(H,22,26). The van der Waals surface area contributed by atoms with Crippen molar-refractivity contribution in [2.45, 2.75) is 13.0 Å². The average molecular weight is 362 g/mol. The van der Waals surface area contributed by atoms with Crippen molar-refractivity contribution in [2.24, 2.45) is 0 Å². The van der Waals surface area contributed by atoms with Gasteiger partial charge >= 0.3 is 0 Å². The Balaban J connectivity index is 1.88. The molecule has 2 amide bonds. The second-order valence-electron chi connectivity index (χ2n) is 5.65. The molecule has 2 rings (SSSR count). The summed E-state index contributed by atoms with van der Waals surface area (Å²) in [4.78, 5) is 25.7. The van der Waals surface area contributed by atoms with E-state index in [1.54, 1.807) is 0 Å². The Morgan fingerprint density at radius 1 is 1.08 bits per heavy atom. The third-order valence-corrected chi connectivity index (χ3v) is 3.74. The molecule has 0 aliphatic rings. The predicted octanol–water partition coefficient (Wildman–Crippen LogP) is 2.11. The zero-order valence-electron chi connectivity index (χ0n) is 14.1. The number of hydrogen-bond acceptors (Lipinski definition) is 3. The smallest absolute Gasteiger partial charge is 0.254 e. The van der Waals surface area contributed by atoms with E-state index in [2.05, 4.69) is 5.32 Å². The van der Waals surface area contributed by atoms with Crippen LogP contribution in [-0.2, 0) is 11.3 Å². The van der Waals surface area contributed by atoms with Crippen LogP contribution in [0.3, 0.4) is 0 Å². The number of carbonyl (C=O) groups is 2. The number of halogens is 2. The van der Waals surface area contributed by atoms with Crippen LogP contribution >= 0.6 is 0 Å². The molecule has 0 radical (unpaired) electrons. The highest BCUT2D eigenvalue weighted by Gasteiger charge is 2.16. The third-order valence-electron chi connectivity index (χ3n) is 3.74. The second-order valence-corrected chi connectivity index (χ2v) is 5.65. The van der Waals surface area contributed by atoms with Gasteiger partial charge in [-0.15, -0.1) is 0 Å². The Morgan fingerprint density at radius 2 is 1.81 bits per heavy atom. The molecule has 0 aromatic heterocycles. The van der Waals surface area contributed by atoms with Crippen molar-refractivity contribution in [3.63, 3.8) is 0 Å². The van der Waals surface area contributed by atoms with Crippen LogP contribution in [0.4, 0.5) is 8.78 Å². The van der Waals surface area contributed by atoms with E-state index in [1.807, 2.05) is 30.3 Å². The first-order valence-corrected chi connectivity index (χ1v) is 8.17. The number of nitrogens with zero attached hydrogens (tertiary/aromatic N) is 1. The quantitative estimate of drug-likeness (QED) is 0.756. The molecule has 2 aromatic rings. The zero-order valence-corrected chi connectivity index (χ0v) is 14.1. The Morgan fingerprint density at radius 3 is 2.46 bits per heavy atom. The molecule has 0 aliphatic carbocycles. The van der Waals surface area contributed by atoms with E-state index in [0.717, 1.165) is 17.7 Å². The number of benzene rings is 2. The second kappa shape index (κ2) is 9.62. The lowest BCUT2D eigenvalue weighted by Gasteiger charge is -2.22. The van der Waals surface area contributed by atoms with Crippen molar-refractivity contribution in [1.82, 2.24) is 10.2 Å². The van der Waals surface area contributed by atoms with Gasteiger partial charge in [0.1, 0.15) is 11.6 Å². The Hall–Kier alpha value is -2.80. The van der Waals surface area contributed by atoms with Gasteiger partial charge in [-0.05, 0) is 17.7 Å². The highest BCUT2D eigenvalue weighted by Crippen LogP contribution is 2.09.